The quantitative estimate of drug-likeness (QED) is 0.0410. The zero-order valence-electron chi connectivity index (χ0n) is 56.6. The number of hydrogen-bond acceptors (Lipinski definition) is 23. The number of carboxylic acids is 1. The van der Waals surface area contributed by atoms with Gasteiger partial charge in [0.15, 0.2) is 5.78 Å². The molecule has 15 rings (SSSR count). The molecule has 4 heterocycles. The van der Waals surface area contributed by atoms with Gasteiger partial charge in [-0.25, -0.2) is 33.1 Å². The number of aryl methyl sites for hydroxylation is 1. The highest BCUT2D eigenvalue weighted by molar-refractivity contribution is 6.12. The minimum atomic E-state index is -1.24. The molecule has 10 N–H and O–H groups in total. The molecule has 0 aliphatic heterocycles. The molecule has 108 heavy (non-hydrogen) atoms. The number of benzene rings is 11. The Balaban J connectivity index is 0.000000155. The summed E-state index contributed by atoms with van der Waals surface area (Å²) in [6.07, 6.45) is 0.510. The van der Waals surface area contributed by atoms with Gasteiger partial charge in [-0.05, 0) is 225 Å². The Bertz CT molecular complexity index is 5930. The van der Waals surface area contributed by atoms with Crippen LogP contribution in [-0.4, -0.2) is 38.1 Å². The minimum Gasteiger partial charge on any atom is -0.478 e. The van der Waals surface area contributed by atoms with Crippen molar-refractivity contribution < 1.29 is 56.9 Å². The minimum absolute atomic E-state index is 0.0181. The van der Waals surface area contributed by atoms with Gasteiger partial charge < -0.3 is 61.1 Å². The maximum absolute atomic E-state index is 13.4. The number of aromatic carboxylic acids is 1. The number of aromatic nitrogens is 2. The number of carboxylic acid groups (broad SMARTS) is 1. The summed E-state index contributed by atoms with van der Waals surface area (Å²) >= 11 is 0. The molecule has 0 saturated carbocycles. The monoisotopic (exact) mass is 1450 g/mol. The molecule has 27 nitrogen and oxygen atoms in total. The van der Waals surface area contributed by atoms with Gasteiger partial charge in [0.25, 0.3) is 28.1 Å². The number of nitrogens with two attached hydrogens (primary N) is 4. The van der Waals surface area contributed by atoms with E-state index in [1.807, 2.05) is 55.5 Å². The van der Waals surface area contributed by atoms with Gasteiger partial charge >= 0.3 is 34.6 Å². The van der Waals surface area contributed by atoms with Crippen molar-refractivity contribution in [3.63, 3.8) is 0 Å². The van der Waals surface area contributed by atoms with E-state index < -0.39 is 56.6 Å². The highest BCUT2D eigenvalue weighted by Gasteiger charge is 2.23. The van der Waals surface area contributed by atoms with Crippen molar-refractivity contribution in [3.8, 4) is 57.4 Å². The van der Waals surface area contributed by atoms with E-state index in [4.69, 9.17) is 51.5 Å². The van der Waals surface area contributed by atoms with Crippen molar-refractivity contribution in [3.05, 3.63) is 342 Å². The van der Waals surface area contributed by atoms with Crippen LogP contribution in [0, 0.1) is 6.92 Å². The van der Waals surface area contributed by atoms with E-state index in [2.05, 4.69) is 14.2 Å². The Morgan fingerprint density at radius 2 is 0.648 bits per heavy atom. The number of anilines is 5. The molecule has 536 valence electrons. The number of nitrogen functional groups attached to an aromatic ring is 4. The topological polar surface area (TPSA) is 431 Å². The molecule has 27 heteroatoms. The van der Waals surface area contributed by atoms with E-state index >= 15 is 0 Å². The summed E-state index contributed by atoms with van der Waals surface area (Å²) in [6.45, 7) is 3.69. The average Bonchev–Trinajstić information content (AvgIpc) is 1.60. The van der Waals surface area contributed by atoms with Crippen molar-refractivity contribution in [2.45, 2.75) is 20.3 Å². The normalized spacial score (nSPS) is 10.6. The van der Waals surface area contributed by atoms with Crippen LogP contribution in [-0.2, 0) is 9.59 Å². The predicted octanol–water partition coefficient (Wildman–Crippen LogP) is 11.5. The molecule has 0 aliphatic carbocycles. The predicted molar refractivity (Wildman–Crippen MR) is 403 cm³/mol. The third-order valence-corrected chi connectivity index (χ3v) is 16.2. The number of Topliss-reactive ketones (excluding diaryl/α,β-unsaturated/α-hetero) is 1. The fourth-order valence-corrected chi connectivity index (χ4v) is 10.8. The Kier molecular flexibility index (Phi) is 21.9. The zero-order chi connectivity index (χ0) is 77.0. The molecular weight excluding hydrogens is 1390 g/mol. The van der Waals surface area contributed by atoms with Crippen LogP contribution in [0.2, 0.25) is 0 Å². The third-order valence-electron chi connectivity index (χ3n) is 16.2. The second-order valence-electron chi connectivity index (χ2n) is 23.5. The van der Waals surface area contributed by atoms with Gasteiger partial charge in [0.1, 0.15) is 46.0 Å². The Hall–Kier alpha value is -15.6. The molecule has 0 atom stereocenters. The van der Waals surface area contributed by atoms with E-state index in [0.717, 1.165) is 49.7 Å². The maximum atomic E-state index is 13.4. The van der Waals surface area contributed by atoms with E-state index in [0.29, 0.717) is 68.5 Å². The van der Waals surface area contributed by atoms with Gasteiger partial charge in [-0.3, -0.25) is 28.8 Å². The number of rotatable bonds is 15. The molecule has 1 amide bonds. The molecule has 11 aromatic carbocycles. The molecule has 0 radical (unpaired) electrons. The second kappa shape index (κ2) is 32.1. The lowest BCUT2D eigenvalue weighted by Crippen LogP contribution is -2.24. The Morgan fingerprint density at radius 3 is 0.935 bits per heavy atom. The van der Waals surface area contributed by atoms with Crippen LogP contribution in [0.4, 0.5) is 28.4 Å². The van der Waals surface area contributed by atoms with Crippen LogP contribution in [0.1, 0.15) is 50.0 Å². The van der Waals surface area contributed by atoms with Gasteiger partial charge in [0.05, 0.1) is 65.6 Å². The number of nitrogens with zero attached hydrogens (tertiary/aromatic N) is 2. The van der Waals surface area contributed by atoms with Crippen LogP contribution in [0.15, 0.2) is 284 Å². The second-order valence-corrected chi connectivity index (χ2v) is 23.5. The molecule has 0 aliphatic rings. The summed E-state index contributed by atoms with van der Waals surface area (Å²) in [6, 6.07) is 64.4. The van der Waals surface area contributed by atoms with Gasteiger partial charge in [0.2, 0.25) is 0 Å². The molecule has 0 fully saturated rings. The number of hydrogen-bond donors (Lipinski definition) is 6. The van der Waals surface area contributed by atoms with Crippen molar-refractivity contribution >= 4 is 95.3 Å². The molecule has 0 spiro atoms. The van der Waals surface area contributed by atoms with Crippen LogP contribution in [0.25, 0.3) is 54.5 Å². The summed E-state index contributed by atoms with van der Waals surface area (Å²) in [5.74, 6) is 2.94. The van der Waals surface area contributed by atoms with Crippen molar-refractivity contribution in [2.24, 2.45) is 0 Å². The van der Waals surface area contributed by atoms with E-state index in [-0.39, 0.29) is 72.6 Å². The average molecular weight is 1450 g/mol. The summed E-state index contributed by atoms with van der Waals surface area (Å²) in [5.41, 5.74) is 21.8. The fraction of sp³-hybridized carbons (Fsp3) is 0.0370. The number of amides is 1. The number of carbonyl (C=O) groups is 3. The molecular formula is C81H57N7O20. The number of nitrogens with one attached hydrogen (secondary N) is 1. The first-order valence-electron chi connectivity index (χ1n) is 32.3. The summed E-state index contributed by atoms with van der Waals surface area (Å²) in [4.78, 5) is 151. The Labute approximate surface area is 606 Å². The van der Waals surface area contributed by atoms with E-state index in [1.165, 1.54) is 30.3 Å². The van der Waals surface area contributed by atoms with Crippen LogP contribution in [0.5, 0.6) is 46.0 Å². The van der Waals surface area contributed by atoms with Crippen molar-refractivity contribution in [2.75, 3.05) is 28.3 Å². The lowest BCUT2D eigenvalue weighted by Gasteiger charge is -2.11. The smallest absolute Gasteiger partial charge is 0.373 e. The van der Waals surface area contributed by atoms with Gasteiger partial charge in [0, 0.05) is 40.4 Å². The SMILES string of the molecule is CCC(=O)c1ccc(C(=O)O)c(C(=O)Nc2ccc(Oc3ccc(C)cc3)cc2)c1.Nc1ccc(Oc2ccc(-n3c(=O)c4cc5c(=O)n(-c6ccc(Oc7ccc(N)cc7)cc6)c(=O)c5cc4c3=O)cc2)cc1.Nc1ccc(Oc2ccc(N)cc2)cc1.O=C=O.O=c1oc(=O)c2cc3c(=O)oc(=O)c3cc12. The highest BCUT2D eigenvalue weighted by atomic mass is 16.5. The summed E-state index contributed by atoms with van der Waals surface area (Å²) in [5, 5.41) is 12.2. The lowest BCUT2D eigenvalue weighted by molar-refractivity contribution is -0.191. The summed E-state index contributed by atoms with van der Waals surface area (Å²) < 4.78 is 33.6. The van der Waals surface area contributed by atoms with Gasteiger partial charge in [-0.1, -0.05) is 30.7 Å². The van der Waals surface area contributed by atoms with Crippen molar-refractivity contribution in [1.29, 1.82) is 0 Å². The maximum Gasteiger partial charge on any atom is 0.373 e. The number of fused-ring (bicyclic) bond motifs is 4. The number of ketones is 1. The standard InChI is InChI=1S/C34H22N4O6.C24H21NO5.C12H12N2O.C10H2O6.CO2/c35-19-1-9-23(10-2-19)43-25-13-5-21(6-14-25)37-31(39)27-17-29-30(18-28(27)32(37)40)34(42)38(33(29)41)22-7-15-26(16-8-22)44-24-11-3-20(36)4-12-24;1-3-22(26)16-6-13-20(24(28)29)21(14-16)23(27)25-17-7-11-19(12-8-17)30-18-9-4-15(2)5-10-18;13-9-1-5-11(6-2-9)15-12-7-3-10(14)4-8-12;11-7-3-1-4-6(10(14)16-8(4)12)2-5(3)9(13)15-7;2-1-3/h1-18H,35-36H2;4-14H,3H2,1-2H3,(H,25,27)(H,28,29);1-8H,13-14H2;1-2H;. The van der Waals surface area contributed by atoms with Gasteiger partial charge in [-0.2, -0.15) is 9.59 Å². The molecule has 4 aromatic heterocycles. The molecule has 15 aromatic rings. The number of carbonyl (C=O) groups excluding carboxylic acids is 4. The fourth-order valence-electron chi connectivity index (χ4n) is 10.8. The van der Waals surface area contributed by atoms with Gasteiger partial charge in [-0.15, -0.1) is 0 Å². The van der Waals surface area contributed by atoms with Crippen molar-refractivity contribution in [1.82, 2.24) is 9.13 Å². The Morgan fingerprint density at radius 1 is 0.380 bits per heavy atom. The van der Waals surface area contributed by atoms with E-state index in [9.17, 15) is 57.8 Å². The van der Waals surface area contributed by atoms with Crippen LogP contribution >= 0.6 is 0 Å². The highest BCUT2D eigenvalue weighted by Crippen LogP contribution is 2.29. The lowest BCUT2D eigenvalue weighted by atomic mass is 10.00. The van der Waals surface area contributed by atoms with Crippen LogP contribution in [0.3, 0.4) is 0 Å². The van der Waals surface area contributed by atoms with E-state index in [1.54, 1.807) is 153 Å². The van der Waals surface area contributed by atoms with Crippen LogP contribution < -0.4 is 91.9 Å². The largest absolute Gasteiger partial charge is 0.478 e. The number of ether oxygens (including phenoxy) is 4. The third kappa shape index (κ3) is 16.8. The first kappa shape index (κ1) is 73.6. The zero-order valence-corrected chi connectivity index (χ0v) is 56.6. The first-order valence-corrected chi connectivity index (χ1v) is 32.3. The molecule has 0 bridgehead atoms. The summed E-state index contributed by atoms with van der Waals surface area (Å²) in [7, 11) is 0. The number of furan rings is 2. The molecule has 0 saturated heterocycles. The first-order chi connectivity index (χ1) is 51.9. The molecule has 0 unspecified atom stereocenters.